The van der Waals surface area contributed by atoms with Gasteiger partial charge in [0.25, 0.3) is 0 Å². The van der Waals surface area contributed by atoms with Gasteiger partial charge in [-0.2, -0.15) is 0 Å². The molecule has 2 fully saturated rings. The van der Waals surface area contributed by atoms with Crippen LogP contribution < -0.4 is 33.2 Å². The predicted molar refractivity (Wildman–Crippen MR) is 183 cm³/mol. The third-order valence-corrected chi connectivity index (χ3v) is 9.27. The summed E-state index contributed by atoms with van der Waals surface area (Å²) in [4.78, 5) is 70.6. The Morgan fingerprint density at radius 3 is 1.87 bits per heavy atom. The highest BCUT2D eigenvalue weighted by Gasteiger charge is 2.50. The summed E-state index contributed by atoms with van der Waals surface area (Å²) in [5, 5.41) is 8.79. The molecule has 0 aromatic rings. The molecule has 46 heavy (non-hydrogen) atoms. The number of unbranched alkanes of at least 4 members (excludes halogenated alkanes) is 4. The van der Waals surface area contributed by atoms with Crippen LogP contribution >= 0.6 is 0 Å². The molecule has 2 rings (SSSR count). The minimum Gasteiger partial charge on any atom is -0.370 e. The molecule has 5 atom stereocenters. The number of rotatable bonds is 20. The highest BCUT2D eigenvalue weighted by atomic mass is 16.2. The number of nitrogens with two attached hydrogens (primary N) is 3. The van der Waals surface area contributed by atoms with Gasteiger partial charge in [-0.05, 0) is 38.5 Å². The molecular weight excluding hydrogens is 586 g/mol. The maximum Gasteiger partial charge on any atom is 0.240 e. The number of Topliss-reactive ketones (excluding diaryl/α,β-unsaturated/α-hetero) is 2. The summed E-state index contributed by atoms with van der Waals surface area (Å²) in [6, 6.07) is -2.02. The lowest BCUT2D eigenvalue weighted by molar-refractivity contribution is -0.148. The number of hydrogen-bond donors (Lipinski definition) is 6. The second-order valence-electron chi connectivity index (χ2n) is 13.0. The van der Waals surface area contributed by atoms with Crippen molar-refractivity contribution >= 4 is 35.2 Å². The van der Waals surface area contributed by atoms with Crippen LogP contribution in [0.25, 0.3) is 0 Å². The number of aliphatic imine (C=N–C) groups is 1. The van der Waals surface area contributed by atoms with Crippen LogP contribution in [0, 0.1) is 17.3 Å². The van der Waals surface area contributed by atoms with E-state index >= 15 is 0 Å². The summed E-state index contributed by atoms with van der Waals surface area (Å²) < 4.78 is 0. The maximum atomic E-state index is 14.7. The normalized spacial score (nSPS) is 22.9. The van der Waals surface area contributed by atoms with Crippen molar-refractivity contribution in [3.8, 4) is 0 Å². The molecule has 0 radical (unpaired) electrons. The minimum absolute atomic E-state index is 0.0296. The molecule has 2 aliphatic rings. The lowest BCUT2D eigenvalue weighted by atomic mass is 9.63. The van der Waals surface area contributed by atoms with Gasteiger partial charge >= 0.3 is 0 Å². The Bertz CT molecular complexity index is 1000. The molecule has 0 saturated carbocycles. The monoisotopic (exact) mass is 649 g/mol. The number of nitrogens with one attached hydrogen (secondary N) is 3. The zero-order chi connectivity index (χ0) is 34.7. The summed E-state index contributed by atoms with van der Waals surface area (Å²) in [5.41, 5.74) is 15.4. The van der Waals surface area contributed by atoms with Crippen LogP contribution in [0.4, 0.5) is 0 Å². The standard InChI is InChI=1S/C30H53N7O5.C4H10/c1-4-7-12-21-28(42)37-23(18-35-21)24(38)17-30(13-8-5-2,14-9-6-3)25(39)20-16-22(26(31)40)36-27(41)19(20)11-10-15-34-29(32)33;1-3-4-2/h19-23,35H,4-18H2,1-3H3,(H2,31,40)(H,36,41)(H,37,42)(H4,32,33,34);3-4H2,1-2H3/t19-,20?,21+,22-,23-;/m1./s1. The first kappa shape index (κ1) is 41.0. The topological polar surface area (TPSA) is 212 Å². The number of piperidine rings is 1. The van der Waals surface area contributed by atoms with Crippen molar-refractivity contribution in [3.05, 3.63) is 0 Å². The molecule has 264 valence electrons. The Morgan fingerprint density at radius 1 is 0.783 bits per heavy atom. The highest BCUT2D eigenvalue weighted by Crippen LogP contribution is 2.43. The quantitative estimate of drug-likeness (QED) is 0.0654. The Kier molecular flexibility index (Phi) is 19.4. The lowest BCUT2D eigenvalue weighted by Crippen LogP contribution is -2.61. The van der Waals surface area contributed by atoms with E-state index in [-0.39, 0.29) is 42.3 Å². The number of ketones is 2. The first-order valence-electron chi connectivity index (χ1n) is 17.7. The number of primary amides is 1. The molecule has 2 saturated heterocycles. The third-order valence-electron chi connectivity index (χ3n) is 9.27. The molecule has 3 amide bonds. The van der Waals surface area contributed by atoms with E-state index in [9.17, 15) is 24.0 Å². The summed E-state index contributed by atoms with van der Waals surface area (Å²) in [6.45, 7) is 11.1. The molecule has 12 heteroatoms. The van der Waals surface area contributed by atoms with E-state index < -0.39 is 41.1 Å². The summed E-state index contributed by atoms with van der Waals surface area (Å²) in [5.74, 6) is -3.19. The van der Waals surface area contributed by atoms with Gasteiger partial charge in [0, 0.05) is 36.8 Å². The van der Waals surface area contributed by atoms with Crippen molar-refractivity contribution in [3.63, 3.8) is 0 Å². The van der Waals surface area contributed by atoms with Gasteiger partial charge in [-0.3, -0.25) is 29.0 Å². The minimum atomic E-state index is -1.02. The number of guanidine groups is 1. The Hall–Kier alpha value is -3.02. The van der Waals surface area contributed by atoms with Gasteiger partial charge in [0.15, 0.2) is 11.7 Å². The largest absolute Gasteiger partial charge is 0.370 e. The fraction of sp³-hybridized carbons (Fsp3) is 0.824. The van der Waals surface area contributed by atoms with E-state index in [0.29, 0.717) is 45.2 Å². The molecule has 0 aliphatic carbocycles. The molecule has 0 aromatic heterocycles. The van der Waals surface area contributed by atoms with Gasteiger partial charge in [0.1, 0.15) is 11.8 Å². The Balaban J connectivity index is 0.00000249. The van der Waals surface area contributed by atoms with Gasteiger partial charge in [-0.15, -0.1) is 0 Å². The van der Waals surface area contributed by atoms with Gasteiger partial charge in [0.2, 0.25) is 17.7 Å². The van der Waals surface area contributed by atoms with Crippen LogP contribution in [0.3, 0.4) is 0 Å². The Morgan fingerprint density at radius 2 is 1.37 bits per heavy atom. The average Bonchev–Trinajstić information content (AvgIpc) is 3.03. The molecule has 9 N–H and O–H groups in total. The lowest BCUT2D eigenvalue weighted by Gasteiger charge is -2.42. The summed E-state index contributed by atoms with van der Waals surface area (Å²) in [6.07, 6.45) is 10.2. The van der Waals surface area contributed by atoms with E-state index in [1.165, 1.54) is 12.8 Å². The second kappa shape index (κ2) is 21.7. The SMILES string of the molecule is CCCC.CCCC[C@@H]1NC[C@H](C(=O)CC(CCCC)(CCCC)C(=O)C2C[C@H](C(N)=O)NC(=O)[C@@H]2CCCN=C(N)N)NC1=O. The molecule has 0 bridgehead atoms. The van der Waals surface area contributed by atoms with Crippen LogP contribution in [0.2, 0.25) is 0 Å². The third kappa shape index (κ3) is 13.0. The number of carbonyl (C=O) groups excluding carboxylic acids is 5. The van der Waals surface area contributed by atoms with Crippen LogP contribution in [0.1, 0.15) is 131 Å². The highest BCUT2D eigenvalue weighted by molar-refractivity contribution is 6.00. The van der Waals surface area contributed by atoms with Gasteiger partial charge < -0.3 is 33.2 Å². The molecule has 0 aromatic carbocycles. The van der Waals surface area contributed by atoms with Gasteiger partial charge in [0.05, 0.1) is 12.1 Å². The van der Waals surface area contributed by atoms with E-state index in [1.54, 1.807) is 0 Å². The zero-order valence-electron chi connectivity index (χ0n) is 29.1. The van der Waals surface area contributed by atoms with Crippen molar-refractivity contribution in [2.75, 3.05) is 13.1 Å². The molecule has 2 aliphatic heterocycles. The van der Waals surface area contributed by atoms with Crippen LogP contribution in [-0.4, -0.2) is 66.5 Å². The molecular formula is C34H63N7O5. The summed E-state index contributed by atoms with van der Waals surface area (Å²) >= 11 is 0. The van der Waals surface area contributed by atoms with Crippen molar-refractivity contribution in [1.29, 1.82) is 0 Å². The number of nitrogens with zero attached hydrogens (tertiary/aromatic N) is 1. The number of hydrogen-bond acceptors (Lipinski definition) is 7. The van der Waals surface area contributed by atoms with Crippen LogP contribution in [-0.2, 0) is 24.0 Å². The van der Waals surface area contributed by atoms with Crippen molar-refractivity contribution in [2.45, 2.75) is 149 Å². The van der Waals surface area contributed by atoms with E-state index in [4.69, 9.17) is 17.2 Å². The second-order valence-corrected chi connectivity index (χ2v) is 13.0. The van der Waals surface area contributed by atoms with E-state index in [2.05, 4.69) is 41.7 Å². The molecule has 2 heterocycles. The number of piperazine rings is 1. The summed E-state index contributed by atoms with van der Waals surface area (Å²) in [7, 11) is 0. The van der Waals surface area contributed by atoms with Gasteiger partial charge in [-0.25, -0.2) is 0 Å². The maximum absolute atomic E-state index is 14.7. The van der Waals surface area contributed by atoms with Crippen LogP contribution in [0.15, 0.2) is 4.99 Å². The first-order valence-corrected chi connectivity index (χ1v) is 17.7. The number of carbonyl (C=O) groups is 5. The fourth-order valence-corrected chi connectivity index (χ4v) is 6.29. The average molecular weight is 650 g/mol. The Labute approximate surface area is 276 Å². The predicted octanol–water partition coefficient (Wildman–Crippen LogP) is 2.99. The molecule has 0 spiro atoms. The van der Waals surface area contributed by atoms with Crippen molar-refractivity contribution in [2.24, 2.45) is 39.4 Å². The van der Waals surface area contributed by atoms with E-state index in [1.807, 2.05) is 13.8 Å². The smallest absolute Gasteiger partial charge is 0.240 e. The molecule has 1 unspecified atom stereocenters. The van der Waals surface area contributed by atoms with Crippen LogP contribution in [0.5, 0.6) is 0 Å². The van der Waals surface area contributed by atoms with Gasteiger partial charge in [-0.1, -0.05) is 86.0 Å². The fourth-order valence-electron chi connectivity index (χ4n) is 6.29. The zero-order valence-corrected chi connectivity index (χ0v) is 29.1. The number of amides is 3. The molecule has 12 nitrogen and oxygen atoms in total. The van der Waals surface area contributed by atoms with Crippen molar-refractivity contribution < 1.29 is 24.0 Å². The van der Waals surface area contributed by atoms with E-state index in [0.717, 1.165) is 38.5 Å². The van der Waals surface area contributed by atoms with Crippen molar-refractivity contribution in [1.82, 2.24) is 16.0 Å². The first-order chi connectivity index (χ1) is 21.9.